The van der Waals surface area contributed by atoms with Crippen LogP contribution in [0.1, 0.15) is 69.5 Å². The molecule has 2 fully saturated rings. The number of ether oxygens (including phenoxy) is 4. The van der Waals surface area contributed by atoms with Crippen molar-refractivity contribution in [1.82, 2.24) is 4.90 Å². The number of ketones is 1. The molecular formula is C31H39NO7. The van der Waals surface area contributed by atoms with Crippen LogP contribution in [0.3, 0.4) is 0 Å². The largest absolute Gasteiger partial charge is 0.507 e. The van der Waals surface area contributed by atoms with Crippen molar-refractivity contribution in [3.8, 4) is 17.2 Å². The summed E-state index contributed by atoms with van der Waals surface area (Å²) in [6, 6.07) is 11.5. The van der Waals surface area contributed by atoms with Crippen molar-refractivity contribution in [3.63, 3.8) is 0 Å². The molecule has 0 spiro atoms. The van der Waals surface area contributed by atoms with Gasteiger partial charge in [0.05, 0.1) is 38.0 Å². The lowest BCUT2D eigenvalue weighted by molar-refractivity contribution is -0.140. The highest BCUT2D eigenvalue weighted by molar-refractivity contribution is 6.46. The van der Waals surface area contributed by atoms with Crippen molar-refractivity contribution in [2.75, 3.05) is 33.5 Å². The number of hydrogen-bond acceptors (Lipinski definition) is 7. The van der Waals surface area contributed by atoms with Gasteiger partial charge < -0.3 is 29.0 Å². The molecule has 1 amide bonds. The first-order chi connectivity index (χ1) is 19.0. The van der Waals surface area contributed by atoms with Crippen molar-refractivity contribution < 1.29 is 33.6 Å². The molecule has 0 saturated carbocycles. The van der Waals surface area contributed by atoms with Crippen LogP contribution in [0.4, 0.5) is 0 Å². The third-order valence-electron chi connectivity index (χ3n) is 7.12. The summed E-state index contributed by atoms with van der Waals surface area (Å²) in [4.78, 5) is 28.2. The van der Waals surface area contributed by atoms with Gasteiger partial charge in [0.25, 0.3) is 11.7 Å². The van der Waals surface area contributed by atoms with Gasteiger partial charge in [0.2, 0.25) is 0 Å². The molecule has 0 aromatic heterocycles. The maximum absolute atomic E-state index is 13.4. The van der Waals surface area contributed by atoms with E-state index in [1.54, 1.807) is 43.5 Å². The zero-order valence-corrected chi connectivity index (χ0v) is 23.1. The summed E-state index contributed by atoms with van der Waals surface area (Å²) in [5.74, 6) is 0.165. The summed E-state index contributed by atoms with van der Waals surface area (Å²) >= 11 is 0. The van der Waals surface area contributed by atoms with Gasteiger partial charge in [-0.3, -0.25) is 9.59 Å². The van der Waals surface area contributed by atoms with Crippen LogP contribution >= 0.6 is 0 Å². The number of carbonyl (C=O) groups is 2. The van der Waals surface area contributed by atoms with E-state index in [1.165, 1.54) is 4.90 Å². The van der Waals surface area contributed by atoms with Crippen molar-refractivity contribution in [3.05, 3.63) is 59.2 Å². The Labute approximate surface area is 230 Å². The molecule has 8 nitrogen and oxygen atoms in total. The lowest BCUT2D eigenvalue weighted by Gasteiger charge is -2.28. The number of Topliss-reactive ketones (excluding diaryl/α,β-unsaturated/α-hetero) is 1. The Hall–Kier alpha value is -3.52. The van der Waals surface area contributed by atoms with Crippen LogP contribution in [0.25, 0.3) is 5.76 Å². The standard InChI is InChI=1S/C31H39NO7/c1-4-6-16-37-23-13-10-21(11-14-23)29(33)27-28(32(31(35)30(27)34)20-24-9-8-18-38-24)22-12-15-25(26(19-22)36-3)39-17-7-5-2/h10-15,19,24,28,33H,4-9,16-18,20H2,1-3H3/t24-,28+/m1/s1. The number of unbranched alkanes of at least 4 members (excludes halogenated alkanes) is 2. The number of benzene rings is 2. The quantitative estimate of drug-likeness (QED) is 0.153. The Morgan fingerprint density at radius 2 is 1.72 bits per heavy atom. The molecule has 0 unspecified atom stereocenters. The number of carbonyl (C=O) groups excluding carboxylic acids is 2. The smallest absolute Gasteiger partial charge is 0.295 e. The molecule has 0 radical (unpaired) electrons. The van der Waals surface area contributed by atoms with Crippen LogP contribution < -0.4 is 14.2 Å². The minimum absolute atomic E-state index is 0.0411. The number of nitrogens with zero attached hydrogens (tertiary/aromatic N) is 1. The Morgan fingerprint density at radius 1 is 1.00 bits per heavy atom. The van der Waals surface area contributed by atoms with Crippen LogP contribution in [0.5, 0.6) is 17.2 Å². The van der Waals surface area contributed by atoms with Crippen LogP contribution in [0, 0.1) is 0 Å². The number of aliphatic hydroxyl groups excluding tert-OH is 1. The highest BCUT2D eigenvalue weighted by Crippen LogP contribution is 2.42. The molecule has 2 saturated heterocycles. The Kier molecular flexibility index (Phi) is 9.87. The first kappa shape index (κ1) is 28.5. The van der Waals surface area contributed by atoms with Crippen LogP contribution in [0.2, 0.25) is 0 Å². The van der Waals surface area contributed by atoms with Gasteiger partial charge in [-0.1, -0.05) is 32.8 Å². The maximum Gasteiger partial charge on any atom is 0.295 e. The zero-order chi connectivity index (χ0) is 27.8. The second-order valence-corrected chi connectivity index (χ2v) is 9.93. The SMILES string of the molecule is CCCCOc1ccc(C(O)=C2C(=O)C(=O)N(C[C@H]3CCCO3)[C@H]2c2ccc(OCCCC)c(OC)c2)cc1. The molecule has 2 atom stereocenters. The van der Waals surface area contributed by atoms with Crippen LogP contribution in [0.15, 0.2) is 48.0 Å². The van der Waals surface area contributed by atoms with Crippen LogP contribution in [-0.4, -0.2) is 61.3 Å². The average molecular weight is 538 g/mol. The molecule has 2 aliphatic rings. The lowest BCUT2D eigenvalue weighted by Crippen LogP contribution is -2.36. The number of hydrogen-bond donors (Lipinski definition) is 1. The second-order valence-electron chi connectivity index (χ2n) is 9.93. The van der Waals surface area contributed by atoms with Crippen molar-refractivity contribution in [2.24, 2.45) is 0 Å². The van der Waals surface area contributed by atoms with E-state index in [4.69, 9.17) is 18.9 Å². The van der Waals surface area contributed by atoms with Gasteiger partial charge in [0.1, 0.15) is 11.5 Å². The highest BCUT2D eigenvalue weighted by atomic mass is 16.5. The number of methoxy groups -OCH3 is 1. The Morgan fingerprint density at radius 3 is 2.36 bits per heavy atom. The summed E-state index contributed by atoms with van der Waals surface area (Å²) in [5.41, 5.74) is 1.12. The monoisotopic (exact) mass is 537 g/mol. The molecule has 2 aromatic rings. The predicted molar refractivity (Wildman–Crippen MR) is 148 cm³/mol. The topological polar surface area (TPSA) is 94.5 Å². The van der Waals surface area contributed by atoms with E-state index < -0.39 is 17.7 Å². The number of amides is 1. The van der Waals surface area contributed by atoms with E-state index >= 15 is 0 Å². The highest BCUT2D eigenvalue weighted by Gasteiger charge is 2.47. The van der Waals surface area contributed by atoms with Crippen molar-refractivity contribution in [1.29, 1.82) is 0 Å². The molecule has 2 aromatic carbocycles. The second kappa shape index (κ2) is 13.5. The first-order valence-electron chi connectivity index (χ1n) is 13.9. The molecule has 0 aliphatic carbocycles. The summed E-state index contributed by atoms with van der Waals surface area (Å²) in [6.07, 6.45) is 5.44. The Bertz CT molecular complexity index is 1170. The fraction of sp³-hybridized carbons (Fsp3) is 0.484. The maximum atomic E-state index is 13.4. The fourth-order valence-corrected chi connectivity index (χ4v) is 4.92. The van der Waals surface area contributed by atoms with Crippen LogP contribution in [-0.2, 0) is 14.3 Å². The number of likely N-dealkylation sites (tertiary alicyclic amines) is 1. The predicted octanol–water partition coefficient (Wildman–Crippen LogP) is 5.65. The molecule has 8 heteroatoms. The summed E-state index contributed by atoms with van der Waals surface area (Å²) < 4.78 is 23.0. The van der Waals surface area contributed by atoms with E-state index in [0.717, 1.165) is 38.5 Å². The first-order valence-corrected chi connectivity index (χ1v) is 13.9. The molecule has 39 heavy (non-hydrogen) atoms. The normalized spacial score (nSPS) is 20.4. The third kappa shape index (κ3) is 6.56. The van der Waals surface area contributed by atoms with Gasteiger partial charge in [0.15, 0.2) is 11.5 Å². The van der Waals surface area contributed by atoms with Gasteiger partial charge in [-0.25, -0.2) is 0 Å². The van der Waals surface area contributed by atoms with E-state index in [1.807, 2.05) is 6.07 Å². The minimum Gasteiger partial charge on any atom is -0.507 e. The molecule has 4 rings (SSSR count). The zero-order valence-electron chi connectivity index (χ0n) is 23.1. The molecular weight excluding hydrogens is 498 g/mol. The van der Waals surface area contributed by atoms with E-state index in [0.29, 0.717) is 48.2 Å². The van der Waals surface area contributed by atoms with Gasteiger partial charge in [-0.15, -0.1) is 0 Å². The number of aliphatic hydroxyl groups is 1. The van der Waals surface area contributed by atoms with E-state index in [9.17, 15) is 14.7 Å². The fourth-order valence-electron chi connectivity index (χ4n) is 4.92. The van der Waals surface area contributed by atoms with Crippen molar-refractivity contribution in [2.45, 2.75) is 64.5 Å². The summed E-state index contributed by atoms with van der Waals surface area (Å²) in [6.45, 7) is 6.24. The third-order valence-corrected chi connectivity index (χ3v) is 7.12. The van der Waals surface area contributed by atoms with Gasteiger partial charge in [-0.05, 0) is 67.6 Å². The molecule has 2 aliphatic heterocycles. The summed E-state index contributed by atoms with van der Waals surface area (Å²) in [7, 11) is 1.55. The Balaban J connectivity index is 1.72. The summed E-state index contributed by atoms with van der Waals surface area (Å²) in [5, 5.41) is 11.4. The van der Waals surface area contributed by atoms with E-state index in [2.05, 4.69) is 13.8 Å². The van der Waals surface area contributed by atoms with Gasteiger partial charge >= 0.3 is 0 Å². The average Bonchev–Trinajstić information content (AvgIpc) is 3.56. The molecule has 2 heterocycles. The number of rotatable bonds is 13. The molecule has 1 N–H and O–H groups in total. The minimum atomic E-state index is -0.798. The van der Waals surface area contributed by atoms with Gasteiger partial charge in [-0.2, -0.15) is 0 Å². The lowest BCUT2D eigenvalue weighted by atomic mass is 9.94. The molecule has 210 valence electrons. The van der Waals surface area contributed by atoms with Gasteiger partial charge in [0, 0.05) is 18.7 Å². The van der Waals surface area contributed by atoms with Crippen molar-refractivity contribution >= 4 is 17.4 Å². The molecule has 0 bridgehead atoms. The van der Waals surface area contributed by atoms with E-state index in [-0.39, 0.29) is 24.0 Å².